The van der Waals surface area contributed by atoms with E-state index in [1.807, 2.05) is 18.2 Å². The lowest BCUT2D eigenvalue weighted by Crippen LogP contribution is -2.40. The molecule has 0 bridgehead atoms. The quantitative estimate of drug-likeness (QED) is 0.627. The molecule has 2 aromatic heterocycles. The Bertz CT molecular complexity index is 1060. The summed E-state index contributed by atoms with van der Waals surface area (Å²) in [6, 6.07) is 7.44. The van der Waals surface area contributed by atoms with Gasteiger partial charge in [0.2, 0.25) is 0 Å². The van der Waals surface area contributed by atoms with E-state index < -0.39 is 14.2 Å². The molecular weight excluding hydrogens is 382 g/mol. The molecule has 1 aliphatic rings. The highest BCUT2D eigenvalue weighted by Crippen LogP contribution is 2.39. The minimum atomic E-state index is -1.76. The van der Waals surface area contributed by atoms with Gasteiger partial charge in [0.25, 0.3) is 0 Å². The number of carbonyl (C=O) groups is 1. The van der Waals surface area contributed by atoms with Crippen LogP contribution >= 0.6 is 11.6 Å². The maximum atomic E-state index is 11.6. The molecule has 0 atom stereocenters. The van der Waals surface area contributed by atoms with Gasteiger partial charge in [0.1, 0.15) is 18.0 Å². The molecule has 0 spiro atoms. The number of nitrogens with one attached hydrogen (secondary N) is 1. The Balaban J connectivity index is 2.00. The zero-order valence-electron chi connectivity index (χ0n) is 15.3. The Morgan fingerprint density at radius 3 is 2.81 bits per heavy atom. The highest BCUT2D eigenvalue weighted by molar-refractivity contribution is 6.89. The van der Waals surface area contributed by atoms with Gasteiger partial charge in [-0.3, -0.25) is 4.90 Å². The van der Waals surface area contributed by atoms with Gasteiger partial charge in [-0.2, -0.15) is 0 Å². The predicted molar refractivity (Wildman–Crippen MR) is 110 cm³/mol. The first-order chi connectivity index (χ1) is 12.8. The van der Waals surface area contributed by atoms with E-state index in [-0.39, 0.29) is 0 Å². The molecule has 140 valence electrons. The number of hydrogen-bond donors (Lipinski definition) is 2. The minimum absolute atomic E-state index is 0.308. The Kier molecular flexibility index (Phi) is 4.16. The molecule has 0 radical (unpaired) electrons. The van der Waals surface area contributed by atoms with Crippen LogP contribution in [0.3, 0.4) is 0 Å². The van der Waals surface area contributed by atoms with Crippen molar-refractivity contribution >= 4 is 47.8 Å². The molecule has 0 fully saturated rings. The number of halogens is 1. The molecule has 0 saturated heterocycles. The van der Waals surface area contributed by atoms with Crippen molar-refractivity contribution < 1.29 is 14.6 Å². The topological polar surface area (TPSA) is 78.5 Å². The third-order valence-electron chi connectivity index (χ3n) is 4.74. The van der Waals surface area contributed by atoms with Gasteiger partial charge in [0.15, 0.2) is 0 Å². The molecule has 8 heteroatoms. The van der Waals surface area contributed by atoms with E-state index in [0.29, 0.717) is 29.6 Å². The fraction of sp³-hybridized carbons (Fsp3) is 0.263. The summed E-state index contributed by atoms with van der Waals surface area (Å²) in [5.74, 6) is 0.575. The molecule has 0 saturated carbocycles. The number of anilines is 1. The average Bonchev–Trinajstić information content (AvgIpc) is 3.02. The minimum Gasteiger partial charge on any atom is -0.490 e. The second-order valence-corrected chi connectivity index (χ2v) is 13.0. The van der Waals surface area contributed by atoms with Crippen molar-refractivity contribution in [3.05, 3.63) is 35.5 Å². The first kappa shape index (κ1) is 17.9. The number of fused-ring (bicyclic) bond motifs is 2. The lowest BCUT2D eigenvalue weighted by Gasteiger charge is -2.28. The largest absolute Gasteiger partial charge is 0.490 e. The number of aromatic amines is 1. The summed E-state index contributed by atoms with van der Waals surface area (Å²) in [7, 11) is -1.76. The second-order valence-electron chi connectivity index (χ2n) is 7.61. The van der Waals surface area contributed by atoms with Crippen LogP contribution in [0.5, 0.6) is 5.75 Å². The lowest BCUT2D eigenvalue weighted by molar-refractivity contribution is 0.196. The Morgan fingerprint density at radius 1 is 1.33 bits per heavy atom. The number of benzene rings is 1. The van der Waals surface area contributed by atoms with Gasteiger partial charge in [-0.1, -0.05) is 37.3 Å². The van der Waals surface area contributed by atoms with Gasteiger partial charge < -0.3 is 14.8 Å². The number of hydrogen-bond acceptors (Lipinski definition) is 3. The summed E-state index contributed by atoms with van der Waals surface area (Å²) >= 11 is 6.52. The van der Waals surface area contributed by atoms with Gasteiger partial charge in [0, 0.05) is 22.5 Å². The van der Waals surface area contributed by atoms with Crippen LogP contribution in [-0.4, -0.2) is 42.4 Å². The molecule has 6 nitrogen and oxygen atoms in total. The van der Waals surface area contributed by atoms with Gasteiger partial charge in [-0.05, 0) is 23.8 Å². The van der Waals surface area contributed by atoms with Crippen LogP contribution in [0.15, 0.2) is 30.5 Å². The van der Waals surface area contributed by atoms with Crippen molar-refractivity contribution in [1.29, 1.82) is 0 Å². The van der Waals surface area contributed by atoms with E-state index in [1.165, 1.54) is 4.90 Å². The van der Waals surface area contributed by atoms with Crippen molar-refractivity contribution in [1.82, 2.24) is 9.97 Å². The molecule has 0 unspecified atom stereocenters. The third-order valence-corrected chi connectivity index (χ3v) is 6.93. The van der Waals surface area contributed by atoms with Crippen LogP contribution in [0.25, 0.3) is 22.2 Å². The molecule has 2 N–H and O–H groups in total. The van der Waals surface area contributed by atoms with Crippen LogP contribution in [0.1, 0.15) is 0 Å². The summed E-state index contributed by atoms with van der Waals surface area (Å²) in [6.45, 7) is 7.41. The van der Waals surface area contributed by atoms with Crippen LogP contribution in [0.2, 0.25) is 24.7 Å². The number of amides is 1. The summed E-state index contributed by atoms with van der Waals surface area (Å²) in [4.78, 5) is 20.9. The monoisotopic (exact) mass is 401 g/mol. The van der Waals surface area contributed by atoms with E-state index in [9.17, 15) is 9.90 Å². The maximum Gasteiger partial charge on any atom is 0.412 e. The molecule has 1 amide bonds. The smallest absolute Gasteiger partial charge is 0.412 e. The van der Waals surface area contributed by atoms with E-state index >= 15 is 0 Å². The second kappa shape index (κ2) is 6.28. The molecule has 1 aromatic carbocycles. The zero-order valence-corrected chi connectivity index (χ0v) is 17.1. The molecule has 3 heterocycles. The van der Waals surface area contributed by atoms with Gasteiger partial charge in [-0.15, -0.1) is 0 Å². The molecule has 3 aromatic rings. The highest BCUT2D eigenvalue weighted by atomic mass is 35.5. The van der Waals surface area contributed by atoms with E-state index in [4.69, 9.17) is 16.3 Å². The number of ether oxygens (including phenoxy) is 1. The van der Waals surface area contributed by atoms with Crippen molar-refractivity contribution in [2.24, 2.45) is 0 Å². The van der Waals surface area contributed by atoms with Crippen LogP contribution in [0.4, 0.5) is 10.5 Å². The van der Waals surface area contributed by atoms with Gasteiger partial charge in [-0.25, -0.2) is 9.78 Å². The lowest BCUT2D eigenvalue weighted by atomic mass is 10.0. The number of nitrogens with zero attached hydrogens (tertiary/aromatic N) is 2. The Labute approximate surface area is 162 Å². The molecule has 4 rings (SSSR count). The van der Waals surface area contributed by atoms with Crippen molar-refractivity contribution in [2.75, 3.05) is 18.1 Å². The first-order valence-corrected chi connectivity index (χ1v) is 12.6. The SMILES string of the molecule is C[Si](C)(C)c1[nH]c2nccc(Cl)c2c1-c1ccc2c(c1)N(C(=O)O)CCO2. The molecule has 1 aliphatic heterocycles. The first-order valence-electron chi connectivity index (χ1n) is 8.71. The Hall–Kier alpha value is -2.51. The maximum absolute atomic E-state index is 11.6. The molecular formula is C19H20ClN3O3Si. The molecule has 27 heavy (non-hydrogen) atoms. The summed E-state index contributed by atoms with van der Waals surface area (Å²) in [6.07, 6.45) is 0.701. The highest BCUT2D eigenvalue weighted by Gasteiger charge is 2.29. The van der Waals surface area contributed by atoms with Gasteiger partial charge >= 0.3 is 6.09 Å². The number of rotatable bonds is 2. The zero-order chi connectivity index (χ0) is 19.3. The number of H-pyrrole nitrogens is 1. The number of aromatic nitrogens is 2. The summed E-state index contributed by atoms with van der Waals surface area (Å²) < 4.78 is 5.64. The number of carboxylic acid groups (broad SMARTS) is 1. The standard InChI is InChI=1S/C19H20ClN3O3Si/c1-27(2,3)18-15(16-12(20)6-7-21-17(16)22-18)11-4-5-14-13(10-11)23(19(24)25)8-9-26-14/h4-7,10H,8-9H2,1-3H3,(H,21,22)(H,24,25). The van der Waals surface area contributed by atoms with Crippen molar-refractivity contribution in [3.8, 4) is 16.9 Å². The number of pyridine rings is 1. The van der Waals surface area contributed by atoms with E-state index in [2.05, 4.69) is 29.6 Å². The van der Waals surface area contributed by atoms with E-state index in [1.54, 1.807) is 12.3 Å². The average molecular weight is 402 g/mol. The van der Waals surface area contributed by atoms with Crippen molar-refractivity contribution in [2.45, 2.75) is 19.6 Å². The summed E-state index contributed by atoms with van der Waals surface area (Å²) in [5.41, 5.74) is 3.21. The molecule has 0 aliphatic carbocycles. The van der Waals surface area contributed by atoms with E-state index in [0.717, 1.165) is 27.5 Å². The normalized spacial score (nSPS) is 14.1. The third kappa shape index (κ3) is 2.96. The van der Waals surface area contributed by atoms with Crippen LogP contribution in [0, 0.1) is 0 Å². The summed E-state index contributed by atoms with van der Waals surface area (Å²) in [5, 5.41) is 12.2. The fourth-order valence-corrected chi connectivity index (χ4v) is 5.25. The predicted octanol–water partition coefficient (Wildman–Crippen LogP) is 4.31. The van der Waals surface area contributed by atoms with Crippen LogP contribution in [-0.2, 0) is 0 Å². The fourth-order valence-electron chi connectivity index (χ4n) is 3.50. The van der Waals surface area contributed by atoms with Gasteiger partial charge in [0.05, 0.1) is 25.3 Å². The Morgan fingerprint density at radius 2 is 2.11 bits per heavy atom. The van der Waals surface area contributed by atoms with Crippen molar-refractivity contribution in [3.63, 3.8) is 0 Å². The van der Waals surface area contributed by atoms with Crippen LogP contribution < -0.4 is 15.0 Å².